The van der Waals surface area contributed by atoms with E-state index in [9.17, 15) is 9.59 Å². The van der Waals surface area contributed by atoms with E-state index in [0.29, 0.717) is 17.8 Å². The first-order chi connectivity index (χ1) is 15.5. The van der Waals surface area contributed by atoms with E-state index in [1.54, 1.807) is 18.3 Å². The molecule has 7 heteroatoms. The van der Waals surface area contributed by atoms with E-state index in [0.717, 1.165) is 29.4 Å². The first-order valence-corrected chi connectivity index (χ1v) is 11.0. The number of fused-ring (bicyclic) bond motifs is 1. The maximum Gasteiger partial charge on any atom is 0.272 e. The van der Waals surface area contributed by atoms with Gasteiger partial charge in [-0.25, -0.2) is 4.98 Å². The molecule has 3 N–H and O–H groups in total. The Kier molecular flexibility index (Phi) is 6.66. The Balaban J connectivity index is 1.54. The maximum absolute atomic E-state index is 13.2. The quantitative estimate of drug-likeness (QED) is 0.557. The molecule has 1 aliphatic heterocycles. The Morgan fingerprint density at radius 3 is 2.59 bits per heavy atom. The zero-order chi connectivity index (χ0) is 22.5. The molecule has 7 nitrogen and oxygen atoms in total. The molecule has 0 saturated carbocycles. The normalized spacial score (nSPS) is 15.9. The van der Waals surface area contributed by atoms with Crippen LogP contribution in [0.4, 0.5) is 11.4 Å². The molecule has 1 aliphatic rings. The van der Waals surface area contributed by atoms with Crippen LogP contribution < -0.4 is 20.9 Å². The highest BCUT2D eigenvalue weighted by molar-refractivity contribution is 6.16. The van der Waals surface area contributed by atoms with E-state index in [2.05, 4.69) is 20.9 Å². The van der Waals surface area contributed by atoms with Gasteiger partial charge in [0.2, 0.25) is 0 Å². The number of benzene rings is 2. The molecule has 2 aromatic carbocycles. The Morgan fingerprint density at radius 2 is 1.84 bits per heavy atom. The second-order valence-electron chi connectivity index (χ2n) is 8.28. The first kappa shape index (κ1) is 21.8. The third kappa shape index (κ3) is 4.73. The molecule has 1 atom stereocenters. The Labute approximate surface area is 188 Å². The number of amides is 2. The highest BCUT2D eigenvalue weighted by Crippen LogP contribution is 2.29. The van der Waals surface area contributed by atoms with E-state index < -0.39 is 0 Å². The summed E-state index contributed by atoms with van der Waals surface area (Å²) in [4.78, 5) is 32.3. The van der Waals surface area contributed by atoms with Crippen molar-refractivity contribution in [1.29, 1.82) is 0 Å². The van der Waals surface area contributed by atoms with Gasteiger partial charge in [-0.1, -0.05) is 30.7 Å². The summed E-state index contributed by atoms with van der Waals surface area (Å²) in [5.41, 5.74) is 2.20. The summed E-state index contributed by atoms with van der Waals surface area (Å²) in [5.74, 6) is -0.566. The van der Waals surface area contributed by atoms with Crippen LogP contribution in [0.5, 0.6) is 0 Å². The number of anilines is 2. The van der Waals surface area contributed by atoms with Gasteiger partial charge in [0, 0.05) is 49.5 Å². The molecule has 1 saturated heterocycles. The third-order valence-electron chi connectivity index (χ3n) is 5.82. The molecule has 166 valence electrons. The van der Waals surface area contributed by atoms with Gasteiger partial charge in [0.15, 0.2) is 5.69 Å². The summed E-state index contributed by atoms with van der Waals surface area (Å²) in [6.45, 7) is 1.52. The lowest BCUT2D eigenvalue weighted by Crippen LogP contribution is -2.43. The van der Waals surface area contributed by atoms with Crippen LogP contribution in [-0.2, 0) is 0 Å². The van der Waals surface area contributed by atoms with Gasteiger partial charge in [0.05, 0.1) is 5.69 Å². The lowest BCUT2D eigenvalue weighted by atomic mass is 10.0. The number of nitrogens with zero attached hydrogens (tertiary/aromatic N) is 2. The molecule has 1 aromatic heterocycles. The van der Waals surface area contributed by atoms with Crippen LogP contribution in [0.25, 0.3) is 10.8 Å². The largest absolute Gasteiger partial charge is 0.377 e. The van der Waals surface area contributed by atoms with Crippen molar-refractivity contribution >= 4 is 34.0 Å². The number of piperidine rings is 1. The van der Waals surface area contributed by atoms with Crippen LogP contribution >= 0.6 is 0 Å². The molecule has 2 heterocycles. The zero-order valence-electron chi connectivity index (χ0n) is 18.5. The van der Waals surface area contributed by atoms with Gasteiger partial charge in [-0.2, -0.15) is 0 Å². The molecule has 32 heavy (non-hydrogen) atoms. The number of nitrogens with one attached hydrogen (secondary N) is 3. The average molecular weight is 432 g/mol. The minimum atomic E-state index is -0.291. The molecule has 1 fully saturated rings. The average Bonchev–Trinajstić information content (AvgIpc) is 2.82. The standard InChI is InChI=1S/C25H29N5O2/c1-30(2)22-13-12-20(18-9-3-4-10-19(18)22)24(31)29-21-11-7-15-27-23(21)25(32)28-16-17-8-5-6-14-26-17/h3-4,7,9-13,15,17,26H,5-6,8,14,16H2,1-2H3,(H,28,32)(H,29,31). The molecule has 4 rings (SSSR count). The second-order valence-corrected chi connectivity index (χ2v) is 8.28. The van der Waals surface area contributed by atoms with E-state index in [4.69, 9.17) is 0 Å². The summed E-state index contributed by atoms with van der Waals surface area (Å²) in [7, 11) is 3.95. The van der Waals surface area contributed by atoms with Gasteiger partial charge >= 0.3 is 0 Å². The van der Waals surface area contributed by atoms with Crippen molar-refractivity contribution in [2.45, 2.75) is 25.3 Å². The van der Waals surface area contributed by atoms with E-state index in [1.807, 2.05) is 55.4 Å². The number of carbonyl (C=O) groups excluding carboxylic acids is 2. The highest BCUT2D eigenvalue weighted by atomic mass is 16.2. The summed E-state index contributed by atoms with van der Waals surface area (Å²) in [6.07, 6.45) is 4.94. The zero-order valence-corrected chi connectivity index (χ0v) is 18.5. The predicted molar refractivity (Wildman–Crippen MR) is 128 cm³/mol. The fraction of sp³-hybridized carbons (Fsp3) is 0.320. The summed E-state index contributed by atoms with van der Waals surface area (Å²) < 4.78 is 0. The molecule has 0 radical (unpaired) electrons. The van der Waals surface area contributed by atoms with Crippen LogP contribution in [0.2, 0.25) is 0 Å². The van der Waals surface area contributed by atoms with Crippen LogP contribution in [0, 0.1) is 0 Å². The molecule has 0 spiro atoms. The second kappa shape index (κ2) is 9.78. The van der Waals surface area contributed by atoms with Crippen molar-refractivity contribution < 1.29 is 9.59 Å². The van der Waals surface area contributed by atoms with Gasteiger partial charge < -0.3 is 20.9 Å². The third-order valence-corrected chi connectivity index (χ3v) is 5.82. The van der Waals surface area contributed by atoms with Crippen molar-refractivity contribution in [2.24, 2.45) is 0 Å². The van der Waals surface area contributed by atoms with Crippen LogP contribution in [0.15, 0.2) is 54.7 Å². The number of carbonyl (C=O) groups is 2. The highest BCUT2D eigenvalue weighted by Gasteiger charge is 2.19. The summed E-state index contributed by atoms with van der Waals surface area (Å²) >= 11 is 0. The van der Waals surface area contributed by atoms with Crippen molar-refractivity contribution in [3.63, 3.8) is 0 Å². The summed E-state index contributed by atoms with van der Waals surface area (Å²) in [6, 6.07) is 15.3. The number of hydrogen-bond acceptors (Lipinski definition) is 5. The minimum absolute atomic E-state index is 0.214. The van der Waals surface area contributed by atoms with Gasteiger partial charge in [0.25, 0.3) is 11.8 Å². The van der Waals surface area contributed by atoms with Crippen molar-refractivity contribution in [1.82, 2.24) is 15.6 Å². The van der Waals surface area contributed by atoms with Crippen LogP contribution in [0.3, 0.4) is 0 Å². The maximum atomic E-state index is 13.2. The number of hydrogen-bond donors (Lipinski definition) is 3. The molecule has 0 aliphatic carbocycles. The topological polar surface area (TPSA) is 86.4 Å². The smallest absolute Gasteiger partial charge is 0.272 e. The van der Waals surface area contributed by atoms with Crippen LogP contribution in [-0.4, -0.2) is 50.0 Å². The van der Waals surface area contributed by atoms with Crippen molar-refractivity contribution in [2.75, 3.05) is 37.4 Å². The molecule has 2 amide bonds. The fourth-order valence-corrected chi connectivity index (χ4v) is 4.15. The number of rotatable bonds is 6. The van der Waals surface area contributed by atoms with Crippen LogP contribution in [0.1, 0.15) is 40.1 Å². The summed E-state index contributed by atoms with van der Waals surface area (Å²) in [5, 5.41) is 11.1. The number of pyridine rings is 1. The number of aromatic nitrogens is 1. The Morgan fingerprint density at radius 1 is 1.03 bits per heavy atom. The molecule has 1 unspecified atom stereocenters. The van der Waals surface area contributed by atoms with Crippen molar-refractivity contribution in [3.05, 3.63) is 66.0 Å². The van der Waals surface area contributed by atoms with E-state index >= 15 is 0 Å². The Hall–Kier alpha value is -3.45. The van der Waals surface area contributed by atoms with Gasteiger partial charge in [-0.15, -0.1) is 0 Å². The van der Waals surface area contributed by atoms with Gasteiger partial charge in [-0.3, -0.25) is 9.59 Å². The fourth-order valence-electron chi connectivity index (χ4n) is 4.15. The lowest BCUT2D eigenvalue weighted by Gasteiger charge is -2.23. The molecule has 3 aromatic rings. The minimum Gasteiger partial charge on any atom is -0.377 e. The van der Waals surface area contributed by atoms with E-state index in [1.165, 1.54) is 12.8 Å². The Bertz CT molecular complexity index is 1120. The molecule has 0 bridgehead atoms. The van der Waals surface area contributed by atoms with Gasteiger partial charge in [0.1, 0.15) is 0 Å². The van der Waals surface area contributed by atoms with E-state index in [-0.39, 0.29) is 23.6 Å². The predicted octanol–water partition coefficient (Wildman–Crippen LogP) is 3.43. The lowest BCUT2D eigenvalue weighted by molar-refractivity contribution is 0.0943. The monoisotopic (exact) mass is 431 g/mol. The first-order valence-electron chi connectivity index (χ1n) is 11.0. The SMILES string of the molecule is CN(C)c1ccc(C(=O)Nc2cccnc2C(=O)NCC2CCCCN2)c2ccccc12. The molecular weight excluding hydrogens is 402 g/mol. The van der Waals surface area contributed by atoms with Gasteiger partial charge in [-0.05, 0) is 49.0 Å². The van der Waals surface area contributed by atoms with Crippen molar-refractivity contribution in [3.8, 4) is 0 Å². The molecular formula is C25H29N5O2.